The highest BCUT2D eigenvalue weighted by Gasteiger charge is 2.36. The van der Waals surface area contributed by atoms with E-state index in [1.54, 1.807) is 21.1 Å². The van der Waals surface area contributed by atoms with Gasteiger partial charge in [0.25, 0.3) is 5.56 Å². The summed E-state index contributed by atoms with van der Waals surface area (Å²) < 4.78 is 51.5. The minimum Gasteiger partial charge on any atom is -0.383 e. The van der Waals surface area contributed by atoms with E-state index in [4.69, 9.17) is 26.1 Å². The molecule has 1 aliphatic heterocycles. The Kier molecular flexibility index (Phi) is 7.52. The molecule has 1 fully saturated rings. The minimum atomic E-state index is -4.51. The van der Waals surface area contributed by atoms with Gasteiger partial charge in [0, 0.05) is 32.9 Å². The third-order valence-electron chi connectivity index (χ3n) is 5.76. The molecule has 2 atom stereocenters. The third-order valence-corrected chi connectivity index (χ3v) is 6.07. The van der Waals surface area contributed by atoms with Crippen molar-refractivity contribution in [2.45, 2.75) is 51.6 Å². The zero-order valence-electron chi connectivity index (χ0n) is 18.5. The summed E-state index contributed by atoms with van der Waals surface area (Å²) in [7, 11) is 3.24. The van der Waals surface area contributed by atoms with Gasteiger partial charge in [-0.2, -0.15) is 13.2 Å². The summed E-state index contributed by atoms with van der Waals surface area (Å²) in [5, 5.41) is -0.110. The largest absolute Gasteiger partial charge is 0.416 e. The highest BCUT2D eigenvalue weighted by Crippen LogP contribution is 2.36. The molecule has 0 amide bonds. The molecule has 3 rings (SSSR count). The lowest BCUT2D eigenvalue weighted by Gasteiger charge is -2.28. The highest BCUT2D eigenvalue weighted by molar-refractivity contribution is 6.33. The number of ether oxygens (including phenoxy) is 2. The molecule has 6 nitrogen and oxygen atoms in total. The van der Waals surface area contributed by atoms with E-state index in [1.165, 1.54) is 10.6 Å². The second-order valence-electron chi connectivity index (χ2n) is 7.68. The molecule has 32 heavy (non-hydrogen) atoms. The van der Waals surface area contributed by atoms with Crippen molar-refractivity contribution in [3.63, 3.8) is 0 Å². The molecule has 0 spiro atoms. The number of nitrogens with zero attached hydrogens (tertiary/aromatic N) is 3. The Balaban J connectivity index is 2.17. The standard InChI is InChI=1S/C22H27ClF3N3O3/c1-5-18-19(29-11-15(32-4)10-14(29)12-31-3)21(30)28(6-2)20(27-18)16-8-7-13(9-17(16)23)22(24,25)26/h7-9,14-15H,5-6,10-12H2,1-4H3/t14-,15+/m0/s1. The van der Waals surface area contributed by atoms with Crippen molar-refractivity contribution in [3.8, 4) is 11.4 Å². The molecule has 1 aromatic heterocycles. The summed E-state index contributed by atoms with van der Waals surface area (Å²) in [5.41, 5.74) is 0.202. The minimum absolute atomic E-state index is 0.0432. The summed E-state index contributed by atoms with van der Waals surface area (Å²) in [6, 6.07) is 3.03. The molecule has 1 aromatic carbocycles. The molecule has 0 bridgehead atoms. The van der Waals surface area contributed by atoms with Crippen LogP contribution in [-0.4, -0.2) is 49.1 Å². The van der Waals surface area contributed by atoms with E-state index in [0.29, 0.717) is 37.4 Å². The Hall–Kier alpha value is -2.10. The molecular weight excluding hydrogens is 447 g/mol. The molecule has 0 radical (unpaired) electrons. The van der Waals surface area contributed by atoms with Gasteiger partial charge in [-0.05, 0) is 38.0 Å². The number of hydrogen-bond acceptors (Lipinski definition) is 5. The van der Waals surface area contributed by atoms with Crippen molar-refractivity contribution in [3.05, 3.63) is 44.8 Å². The molecule has 0 saturated carbocycles. The van der Waals surface area contributed by atoms with Crippen molar-refractivity contribution in [1.29, 1.82) is 0 Å². The van der Waals surface area contributed by atoms with E-state index in [9.17, 15) is 18.0 Å². The molecule has 2 heterocycles. The topological polar surface area (TPSA) is 56.6 Å². The number of hydrogen-bond donors (Lipinski definition) is 0. The second-order valence-corrected chi connectivity index (χ2v) is 8.09. The lowest BCUT2D eigenvalue weighted by molar-refractivity contribution is -0.137. The molecular formula is C22H27ClF3N3O3. The Bertz CT molecular complexity index is 1030. The molecule has 176 valence electrons. The maximum Gasteiger partial charge on any atom is 0.416 e. The number of aromatic nitrogens is 2. The van der Waals surface area contributed by atoms with Crippen LogP contribution >= 0.6 is 11.6 Å². The summed E-state index contributed by atoms with van der Waals surface area (Å²) in [6.07, 6.45) is -3.37. The second kappa shape index (κ2) is 9.80. The van der Waals surface area contributed by atoms with Crippen molar-refractivity contribution in [2.75, 3.05) is 32.3 Å². The Morgan fingerprint density at radius 3 is 2.50 bits per heavy atom. The fraction of sp³-hybridized carbons (Fsp3) is 0.545. The maximum absolute atomic E-state index is 13.6. The quantitative estimate of drug-likeness (QED) is 0.596. The van der Waals surface area contributed by atoms with Crippen molar-refractivity contribution in [1.82, 2.24) is 9.55 Å². The van der Waals surface area contributed by atoms with Crippen LogP contribution in [0.25, 0.3) is 11.4 Å². The predicted molar refractivity (Wildman–Crippen MR) is 117 cm³/mol. The van der Waals surface area contributed by atoms with Crippen molar-refractivity contribution >= 4 is 17.3 Å². The van der Waals surface area contributed by atoms with E-state index in [0.717, 1.165) is 12.1 Å². The van der Waals surface area contributed by atoms with Crippen LogP contribution in [0.2, 0.25) is 5.02 Å². The van der Waals surface area contributed by atoms with E-state index in [1.807, 2.05) is 11.8 Å². The summed E-state index contributed by atoms with van der Waals surface area (Å²) >= 11 is 6.22. The highest BCUT2D eigenvalue weighted by atomic mass is 35.5. The molecule has 1 aliphatic rings. The van der Waals surface area contributed by atoms with Crippen LogP contribution in [0.1, 0.15) is 31.5 Å². The SMILES string of the molecule is CCc1nc(-c2ccc(C(F)(F)F)cc2Cl)n(CC)c(=O)c1N1C[C@H](OC)C[C@H]1COC. The van der Waals surface area contributed by atoms with Gasteiger partial charge < -0.3 is 14.4 Å². The van der Waals surface area contributed by atoms with Gasteiger partial charge in [0.2, 0.25) is 0 Å². The predicted octanol–water partition coefficient (Wildman–Crippen LogP) is 4.40. The van der Waals surface area contributed by atoms with Gasteiger partial charge in [-0.3, -0.25) is 9.36 Å². The number of benzene rings is 1. The van der Waals surface area contributed by atoms with Gasteiger partial charge in [-0.15, -0.1) is 0 Å². The van der Waals surface area contributed by atoms with Crippen LogP contribution in [-0.2, 0) is 28.6 Å². The molecule has 0 N–H and O–H groups in total. The van der Waals surface area contributed by atoms with E-state index >= 15 is 0 Å². The number of anilines is 1. The van der Waals surface area contributed by atoms with Gasteiger partial charge in [-0.25, -0.2) is 4.98 Å². The summed E-state index contributed by atoms with van der Waals surface area (Å²) in [6.45, 7) is 4.91. The molecule has 0 unspecified atom stereocenters. The number of methoxy groups -OCH3 is 2. The van der Waals surface area contributed by atoms with Gasteiger partial charge >= 0.3 is 6.18 Å². The first-order chi connectivity index (χ1) is 15.2. The number of rotatable bonds is 7. The maximum atomic E-state index is 13.6. The number of aryl methyl sites for hydroxylation is 1. The molecule has 0 aliphatic carbocycles. The van der Waals surface area contributed by atoms with Crippen molar-refractivity contribution < 1.29 is 22.6 Å². The van der Waals surface area contributed by atoms with E-state index < -0.39 is 11.7 Å². The van der Waals surface area contributed by atoms with E-state index in [-0.39, 0.29) is 40.7 Å². The van der Waals surface area contributed by atoms with Gasteiger partial charge in [0.15, 0.2) is 0 Å². The average molecular weight is 474 g/mol. The first-order valence-electron chi connectivity index (χ1n) is 10.4. The number of halogens is 4. The molecule has 1 saturated heterocycles. The smallest absolute Gasteiger partial charge is 0.383 e. The Morgan fingerprint density at radius 2 is 1.97 bits per heavy atom. The first kappa shape index (κ1) is 24.5. The fourth-order valence-corrected chi connectivity index (χ4v) is 4.43. The lowest BCUT2D eigenvalue weighted by Crippen LogP contribution is -2.40. The van der Waals surface area contributed by atoms with Crippen LogP contribution in [0.3, 0.4) is 0 Å². The van der Waals surface area contributed by atoms with Crippen molar-refractivity contribution in [2.24, 2.45) is 0 Å². The van der Waals surface area contributed by atoms with Crippen LogP contribution in [0, 0.1) is 0 Å². The number of alkyl halides is 3. The van der Waals surface area contributed by atoms with Gasteiger partial charge in [0.05, 0.1) is 35.0 Å². The third kappa shape index (κ3) is 4.65. The lowest BCUT2D eigenvalue weighted by atomic mass is 10.1. The Labute approximate surface area is 189 Å². The fourth-order valence-electron chi connectivity index (χ4n) is 4.16. The average Bonchev–Trinajstić information content (AvgIpc) is 3.15. The van der Waals surface area contributed by atoms with Crippen LogP contribution in [0.15, 0.2) is 23.0 Å². The molecule has 2 aromatic rings. The zero-order chi connectivity index (χ0) is 23.6. The van der Waals surface area contributed by atoms with Crippen LogP contribution < -0.4 is 10.5 Å². The Morgan fingerprint density at radius 1 is 1.25 bits per heavy atom. The summed E-state index contributed by atoms with van der Waals surface area (Å²) in [4.78, 5) is 20.3. The van der Waals surface area contributed by atoms with E-state index in [2.05, 4.69) is 0 Å². The van der Waals surface area contributed by atoms with Crippen LogP contribution in [0.4, 0.5) is 18.9 Å². The monoisotopic (exact) mass is 473 g/mol. The zero-order valence-corrected chi connectivity index (χ0v) is 19.3. The first-order valence-corrected chi connectivity index (χ1v) is 10.8. The van der Waals surface area contributed by atoms with Gasteiger partial charge in [-0.1, -0.05) is 18.5 Å². The normalized spacial score (nSPS) is 19.1. The molecule has 10 heteroatoms. The van der Waals surface area contributed by atoms with Crippen LogP contribution in [0.5, 0.6) is 0 Å². The summed E-state index contributed by atoms with van der Waals surface area (Å²) in [5.74, 6) is 0.252. The van der Waals surface area contributed by atoms with Gasteiger partial charge in [0.1, 0.15) is 11.5 Å².